The molecule has 1 aliphatic rings. The third-order valence-electron chi connectivity index (χ3n) is 4.17. The van der Waals surface area contributed by atoms with Crippen LogP contribution >= 0.6 is 23.7 Å². The number of carbonyl (C=O) groups is 1. The molecule has 118 valence electrons. The van der Waals surface area contributed by atoms with E-state index in [2.05, 4.69) is 12.2 Å². The lowest BCUT2D eigenvalue weighted by molar-refractivity contribution is 0.102. The summed E-state index contributed by atoms with van der Waals surface area (Å²) < 4.78 is 0. The molecule has 22 heavy (non-hydrogen) atoms. The van der Waals surface area contributed by atoms with Crippen LogP contribution in [0.1, 0.15) is 44.8 Å². The molecule has 0 fully saturated rings. The first-order valence-electron chi connectivity index (χ1n) is 7.35. The van der Waals surface area contributed by atoms with E-state index in [-0.39, 0.29) is 18.3 Å². The molecule has 1 aliphatic carbocycles. The summed E-state index contributed by atoms with van der Waals surface area (Å²) in [6.45, 7) is 4.04. The van der Waals surface area contributed by atoms with Crippen LogP contribution in [0.15, 0.2) is 18.2 Å². The number of fused-ring (bicyclic) bond motifs is 1. The lowest BCUT2D eigenvalue weighted by Crippen LogP contribution is -2.13. The summed E-state index contributed by atoms with van der Waals surface area (Å²) in [6.07, 6.45) is 4.81. The van der Waals surface area contributed by atoms with Gasteiger partial charge in [0.25, 0.3) is 5.91 Å². The fourth-order valence-corrected chi connectivity index (χ4v) is 4.19. The molecule has 0 radical (unpaired) electrons. The topological polar surface area (TPSA) is 55.1 Å². The molecule has 2 aromatic rings. The fourth-order valence-electron chi connectivity index (χ4n) is 2.90. The number of nitrogen functional groups attached to an aromatic ring is 1. The zero-order chi connectivity index (χ0) is 15.0. The smallest absolute Gasteiger partial charge is 0.256 e. The number of aryl methyl sites for hydroxylation is 2. The van der Waals surface area contributed by atoms with Crippen molar-refractivity contribution in [3.8, 4) is 0 Å². The van der Waals surface area contributed by atoms with Gasteiger partial charge in [0, 0.05) is 16.1 Å². The van der Waals surface area contributed by atoms with Gasteiger partial charge in [0.05, 0.1) is 5.00 Å². The van der Waals surface area contributed by atoms with E-state index in [1.165, 1.54) is 28.8 Å². The zero-order valence-electron chi connectivity index (χ0n) is 12.9. The normalized spacial score (nSPS) is 13.2. The van der Waals surface area contributed by atoms with Crippen molar-refractivity contribution >= 4 is 40.3 Å². The Morgan fingerprint density at radius 2 is 1.95 bits per heavy atom. The average Bonchev–Trinajstić information content (AvgIpc) is 2.78. The van der Waals surface area contributed by atoms with E-state index in [4.69, 9.17) is 5.73 Å². The summed E-state index contributed by atoms with van der Waals surface area (Å²) in [5.74, 6) is -0.0681. The fraction of sp³-hybridized carbons (Fsp3) is 0.353. The second-order valence-corrected chi connectivity index (χ2v) is 6.80. The van der Waals surface area contributed by atoms with Crippen molar-refractivity contribution < 1.29 is 4.79 Å². The molecule has 1 aromatic heterocycles. The first-order valence-corrected chi connectivity index (χ1v) is 8.16. The molecular formula is C17H21ClN2OS. The predicted octanol–water partition coefficient (Wildman–Crippen LogP) is 4.50. The molecule has 0 spiro atoms. The summed E-state index contributed by atoms with van der Waals surface area (Å²) in [6, 6.07) is 5.45. The first kappa shape index (κ1) is 16.8. The number of hydrogen-bond donors (Lipinski definition) is 2. The van der Waals surface area contributed by atoms with Gasteiger partial charge in [-0.1, -0.05) is 6.07 Å². The molecule has 5 heteroatoms. The van der Waals surface area contributed by atoms with E-state index < -0.39 is 0 Å². The molecule has 0 atom stereocenters. The summed E-state index contributed by atoms with van der Waals surface area (Å²) in [4.78, 5) is 13.9. The van der Waals surface area contributed by atoms with Gasteiger partial charge < -0.3 is 11.1 Å². The minimum absolute atomic E-state index is 0. The molecule has 3 nitrogen and oxygen atoms in total. The van der Waals surface area contributed by atoms with Crippen LogP contribution in [0.2, 0.25) is 0 Å². The van der Waals surface area contributed by atoms with Gasteiger partial charge in [0.2, 0.25) is 0 Å². The van der Waals surface area contributed by atoms with Crippen LogP contribution in [-0.2, 0) is 12.8 Å². The quantitative estimate of drug-likeness (QED) is 0.793. The Balaban J connectivity index is 0.00000176. The summed E-state index contributed by atoms with van der Waals surface area (Å²) in [5, 5.41) is 4.07. The number of anilines is 2. The number of halogens is 1. The van der Waals surface area contributed by atoms with Gasteiger partial charge in [0.15, 0.2) is 0 Å². The first-order chi connectivity index (χ1) is 10.1. The van der Waals surface area contributed by atoms with Gasteiger partial charge in [-0.3, -0.25) is 4.79 Å². The number of carbonyl (C=O) groups excluding carboxylic acids is 1. The minimum atomic E-state index is -0.0681. The summed E-state index contributed by atoms with van der Waals surface area (Å²) in [5.41, 5.74) is 10.7. The van der Waals surface area contributed by atoms with Crippen molar-refractivity contribution in [1.29, 1.82) is 0 Å². The van der Waals surface area contributed by atoms with Gasteiger partial charge in [-0.2, -0.15) is 0 Å². The molecule has 0 saturated heterocycles. The molecular weight excluding hydrogens is 316 g/mol. The molecule has 3 rings (SSSR count). The molecule has 0 unspecified atom stereocenters. The van der Waals surface area contributed by atoms with E-state index in [1.54, 1.807) is 17.4 Å². The number of hydrogen-bond acceptors (Lipinski definition) is 3. The number of thiophene rings is 1. The van der Waals surface area contributed by atoms with E-state index in [9.17, 15) is 4.79 Å². The largest absolute Gasteiger partial charge is 0.399 e. The van der Waals surface area contributed by atoms with E-state index in [0.29, 0.717) is 11.3 Å². The highest BCUT2D eigenvalue weighted by Gasteiger charge is 2.20. The molecule has 1 heterocycles. The van der Waals surface area contributed by atoms with Crippen molar-refractivity contribution in [2.75, 3.05) is 11.1 Å². The second-order valence-electron chi connectivity index (χ2n) is 5.69. The van der Waals surface area contributed by atoms with Crippen LogP contribution in [0.5, 0.6) is 0 Å². The molecule has 1 aromatic carbocycles. The number of benzene rings is 1. The molecule has 1 amide bonds. The van der Waals surface area contributed by atoms with Gasteiger partial charge in [-0.15, -0.1) is 23.7 Å². The third-order valence-corrected chi connectivity index (χ3v) is 5.48. The summed E-state index contributed by atoms with van der Waals surface area (Å²) in [7, 11) is 0. The van der Waals surface area contributed by atoms with Crippen molar-refractivity contribution in [2.45, 2.75) is 39.5 Å². The van der Waals surface area contributed by atoms with Crippen molar-refractivity contribution in [3.05, 3.63) is 45.3 Å². The number of nitrogens with two attached hydrogens (primary N) is 1. The Bertz CT molecular complexity index is 709. The maximum absolute atomic E-state index is 12.5. The number of amides is 1. The number of nitrogens with one attached hydrogen (secondary N) is 1. The molecule has 0 saturated carbocycles. The SMILES string of the molecule is Cc1ccc(N)cc1C(=O)Nc1sc2c(c1C)CCCC2.Cl. The summed E-state index contributed by atoms with van der Waals surface area (Å²) >= 11 is 1.73. The maximum Gasteiger partial charge on any atom is 0.256 e. The lowest BCUT2D eigenvalue weighted by atomic mass is 9.96. The van der Waals surface area contributed by atoms with Crippen LogP contribution in [0.25, 0.3) is 0 Å². The predicted molar refractivity (Wildman–Crippen MR) is 96.5 cm³/mol. The van der Waals surface area contributed by atoms with Crippen molar-refractivity contribution in [1.82, 2.24) is 0 Å². The monoisotopic (exact) mass is 336 g/mol. The standard InChI is InChI=1S/C17H20N2OS.ClH/c1-10-7-8-12(18)9-14(10)16(20)19-17-11(2)13-5-3-4-6-15(13)21-17;/h7-9H,3-6,18H2,1-2H3,(H,19,20);1H. The third kappa shape index (κ3) is 3.13. The minimum Gasteiger partial charge on any atom is -0.399 e. The molecule has 0 aliphatic heterocycles. The van der Waals surface area contributed by atoms with E-state index in [1.807, 2.05) is 19.1 Å². The van der Waals surface area contributed by atoms with Crippen LogP contribution in [0, 0.1) is 13.8 Å². The van der Waals surface area contributed by atoms with Crippen LogP contribution < -0.4 is 11.1 Å². The Morgan fingerprint density at radius 1 is 1.23 bits per heavy atom. The van der Waals surface area contributed by atoms with Crippen LogP contribution in [-0.4, -0.2) is 5.91 Å². The Kier molecular flexibility index (Phi) is 5.14. The van der Waals surface area contributed by atoms with Gasteiger partial charge in [-0.25, -0.2) is 0 Å². The van der Waals surface area contributed by atoms with Crippen LogP contribution in [0.3, 0.4) is 0 Å². The van der Waals surface area contributed by atoms with Gasteiger partial charge in [-0.05, 0) is 68.4 Å². The highest BCUT2D eigenvalue weighted by molar-refractivity contribution is 7.16. The Morgan fingerprint density at radius 3 is 2.68 bits per heavy atom. The molecule has 3 N–H and O–H groups in total. The highest BCUT2D eigenvalue weighted by Crippen LogP contribution is 2.37. The Labute approximate surface area is 141 Å². The van der Waals surface area contributed by atoms with Crippen molar-refractivity contribution in [3.63, 3.8) is 0 Å². The lowest BCUT2D eigenvalue weighted by Gasteiger charge is -2.10. The number of rotatable bonds is 2. The zero-order valence-corrected chi connectivity index (χ0v) is 14.5. The Hall–Kier alpha value is -1.52. The van der Waals surface area contributed by atoms with Gasteiger partial charge >= 0.3 is 0 Å². The van der Waals surface area contributed by atoms with E-state index >= 15 is 0 Å². The van der Waals surface area contributed by atoms with Crippen LogP contribution in [0.4, 0.5) is 10.7 Å². The maximum atomic E-state index is 12.5. The van der Waals surface area contributed by atoms with Gasteiger partial charge in [0.1, 0.15) is 0 Å². The van der Waals surface area contributed by atoms with E-state index in [0.717, 1.165) is 23.4 Å². The highest BCUT2D eigenvalue weighted by atomic mass is 35.5. The second kappa shape index (κ2) is 6.71. The van der Waals surface area contributed by atoms with Crippen molar-refractivity contribution in [2.24, 2.45) is 0 Å². The molecule has 0 bridgehead atoms. The average molecular weight is 337 g/mol.